The van der Waals surface area contributed by atoms with Gasteiger partial charge in [0.1, 0.15) is 0 Å². The summed E-state index contributed by atoms with van der Waals surface area (Å²) in [6.07, 6.45) is 1.93. The molecule has 2 nitrogen and oxygen atoms in total. The molecule has 0 spiro atoms. The van der Waals surface area contributed by atoms with Crippen molar-refractivity contribution in [2.24, 2.45) is 0 Å². The summed E-state index contributed by atoms with van der Waals surface area (Å²) in [6.45, 7) is 2.13. The molecule has 0 amide bonds. The molecule has 1 aromatic heterocycles. The van der Waals surface area contributed by atoms with E-state index < -0.39 is 0 Å². The van der Waals surface area contributed by atoms with Gasteiger partial charge in [0.05, 0.1) is 5.52 Å². The maximum atomic E-state index is 4.41. The molecule has 0 saturated carbocycles. The van der Waals surface area contributed by atoms with Gasteiger partial charge in [0, 0.05) is 17.6 Å². The smallest absolute Gasteiger partial charge is 0.0702 e. The number of hydrogen-bond donors (Lipinski definition) is 1. The second kappa shape index (κ2) is 3.76. The van der Waals surface area contributed by atoms with Crippen LogP contribution in [0.3, 0.4) is 0 Å². The van der Waals surface area contributed by atoms with E-state index >= 15 is 0 Å². The van der Waals surface area contributed by atoms with Crippen LogP contribution in [-0.4, -0.2) is 12.0 Å². The van der Waals surface area contributed by atoms with Crippen molar-refractivity contribution in [3.05, 3.63) is 42.1 Å². The molecule has 72 valence electrons. The largest absolute Gasteiger partial charge is 0.313 e. The molecular formula is C12H14N2. The van der Waals surface area contributed by atoms with Crippen molar-refractivity contribution >= 4 is 10.9 Å². The van der Waals surface area contributed by atoms with Crippen LogP contribution in [0.5, 0.6) is 0 Å². The molecule has 0 bridgehead atoms. The molecular weight excluding hydrogens is 172 g/mol. The number of nitrogens with zero attached hydrogens (tertiary/aromatic N) is 1. The van der Waals surface area contributed by atoms with E-state index in [1.165, 1.54) is 10.9 Å². The van der Waals surface area contributed by atoms with E-state index in [2.05, 4.69) is 29.4 Å². The predicted octanol–water partition coefficient (Wildman–Crippen LogP) is 2.52. The van der Waals surface area contributed by atoms with E-state index in [0.29, 0.717) is 6.04 Å². The Labute approximate surface area is 84.0 Å². The molecule has 0 aliphatic heterocycles. The number of nitrogens with one attached hydrogen (secondary N) is 1. The van der Waals surface area contributed by atoms with Gasteiger partial charge in [0.2, 0.25) is 0 Å². The van der Waals surface area contributed by atoms with Gasteiger partial charge in [-0.15, -0.1) is 0 Å². The summed E-state index contributed by atoms with van der Waals surface area (Å²) in [4.78, 5) is 4.41. The van der Waals surface area contributed by atoms with Gasteiger partial charge >= 0.3 is 0 Å². The summed E-state index contributed by atoms with van der Waals surface area (Å²) in [5.74, 6) is 0. The molecule has 1 N–H and O–H groups in total. The molecule has 14 heavy (non-hydrogen) atoms. The highest BCUT2D eigenvalue weighted by molar-refractivity contribution is 5.78. The monoisotopic (exact) mass is 186 g/mol. The first-order valence-electron chi connectivity index (χ1n) is 4.83. The molecule has 2 heteroatoms. The van der Waals surface area contributed by atoms with Crippen LogP contribution in [0.4, 0.5) is 0 Å². The lowest BCUT2D eigenvalue weighted by Crippen LogP contribution is -2.12. The number of aromatic nitrogens is 1. The number of rotatable bonds is 2. The number of pyridine rings is 1. The Bertz CT molecular complexity index is 437. The minimum Gasteiger partial charge on any atom is -0.313 e. The lowest BCUT2D eigenvalue weighted by Gasteiger charge is -2.10. The van der Waals surface area contributed by atoms with Crippen LogP contribution in [0.2, 0.25) is 0 Å². The molecule has 0 aliphatic rings. The number of fused-ring (bicyclic) bond motifs is 1. The second-order valence-corrected chi connectivity index (χ2v) is 3.47. The number of para-hydroxylation sites is 1. The molecule has 2 aromatic rings. The quantitative estimate of drug-likeness (QED) is 0.779. The van der Waals surface area contributed by atoms with Crippen LogP contribution in [0, 0.1) is 0 Å². The molecule has 0 fully saturated rings. The summed E-state index contributed by atoms with van der Waals surface area (Å²) in [7, 11) is 1.96. The zero-order chi connectivity index (χ0) is 9.97. The molecule has 0 saturated heterocycles. The highest BCUT2D eigenvalue weighted by atomic mass is 14.9. The number of benzene rings is 1. The zero-order valence-electron chi connectivity index (χ0n) is 8.49. The third-order valence-electron chi connectivity index (χ3n) is 2.54. The van der Waals surface area contributed by atoms with Crippen molar-refractivity contribution in [2.75, 3.05) is 7.05 Å². The van der Waals surface area contributed by atoms with Crippen LogP contribution in [0.15, 0.2) is 36.5 Å². The summed E-state index contributed by atoms with van der Waals surface area (Å²) in [6, 6.07) is 10.7. The highest BCUT2D eigenvalue weighted by Gasteiger charge is 2.03. The average Bonchev–Trinajstić information content (AvgIpc) is 2.27. The van der Waals surface area contributed by atoms with Gasteiger partial charge in [0.15, 0.2) is 0 Å². The first kappa shape index (κ1) is 9.16. The van der Waals surface area contributed by atoms with Crippen LogP contribution in [-0.2, 0) is 0 Å². The summed E-state index contributed by atoms with van der Waals surface area (Å²) >= 11 is 0. The molecule has 0 radical (unpaired) electrons. The van der Waals surface area contributed by atoms with E-state index in [4.69, 9.17) is 0 Å². The third kappa shape index (κ3) is 1.61. The molecule has 1 atom stereocenters. The Morgan fingerprint density at radius 2 is 2.07 bits per heavy atom. The highest BCUT2D eigenvalue weighted by Crippen LogP contribution is 2.17. The normalized spacial score (nSPS) is 13.0. The van der Waals surface area contributed by atoms with Crippen molar-refractivity contribution in [1.82, 2.24) is 10.3 Å². The molecule has 0 aliphatic carbocycles. The maximum Gasteiger partial charge on any atom is 0.0702 e. The fourth-order valence-corrected chi connectivity index (χ4v) is 1.49. The SMILES string of the molecule is CNC(C)c1cnc2ccccc2c1. The second-order valence-electron chi connectivity index (χ2n) is 3.47. The van der Waals surface area contributed by atoms with Crippen molar-refractivity contribution < 1.29 is 0 Å². The van der Waals surface area contributed by atoms with E-state index in [0.717, 1.165) is 5.52 Å². The fraction of sp³-hybridized carbons (Fsp3) is 0.250. The van der Waals surface area contributed by atoms with Crippen molar-refractivity contribution in [2.45, 2.75) is 13.0 Å². The van der Waals surface area contributed by atoms with Crippen molar-refractivity contribution in [1.29, 1.82) is 0 Å². The minimum absolute atomic E-state index is 0.354. The molecule has 2 rings (SSSR count). The zero-order valence-corrected chi connectivity index (χ0v) is 8.49. The topological polar surface area (TPSA) is 24.9 Å². The lowest BCUT2D eigenvalue weighted by atomic mass is 10.1. The van der Waals surface area contributed by atoms with Gasteiger partial charge in [-0.1, -0.05) is 18.2 Å². The standard InChI is InChI=1S/C12H14N2/c1-9(13-2)11-7-10-5-3-4-6-12(10)14-8-11/h3-9,13H,1-2H3. The lowest BCUT2D eigenvalue weighted by molar-refractivity contribution is 0.651. The van der Waals surface area contributed by atoms with Gasteiger partial charge in [-0.05, 0) is 31.7 Å². The summed E-state index contributed by atoms with van der Waals surface area (Å²) in [5, 5.41) is 4.41. The Balaban J connectivity index is 2.51. The van der Waals surface area contributed by atoms with E-state index in [1.807, 2.05) is 31.4 Å². The first-order valence-corrected chi connectivity index (χ1v) is 4.83. The van der Waals surface area contributed by atoms with Crippen LogP contribution < -0.4 is 5.32 Å². The van der Waals surface area contributed by atoms with Crippen LogP contribution in [0.25, 0.3) is 10.9 Å². The fourth-order valence-electron chi connectivity index (χ4n) is 1.49. The van der Waals surface area contributed by atoms with Crippen LogP contribution >= 0.6 is 0 Å². The average molecular weight is 186 g/mol. The molecule has 1 aromatic carbocycles. The van der Waals surface area contributed by atoms with Gasteiger partial charge < -0.3 is 5.32 Å². The van der Waals surface area contributed by atoms with Gasteiger partial charge in [-0.25, -0.2) is 0 Å². The number of hydrogen-bond acceptors (Lipinski definition) is 2. The Morgan fingerprint density at radius 3 is 2.86 bits per heavy atom. The van der Waals surface area contributed by atoms with Crippen LogP contribution in [0.1, 0.15) is 18.5 Å². The Kier molecular flexibility index (Phi) is 2.46. The van der Waals surface area contributed by atoms with E-state index in [1.54, 1.807) is 0 Å². The Hall–Kier alpha value is -1.41. The van der Waals surface area contributed by atoms with E-state index in [9.17, 15) is 0 Å². The molecule has 1 unspecified atom stereocenters. The van der Waals surface area contributed by atoms with Crippen molar-refractivity contribution in [3.8, 4) is 0 Å². The summed E-state index contributed by atoms with van der Waals surface area (Å²) < 4.78 is 0. The first-order chi connectivity index (χ1) is 6.81. The Morgan fingerprint density at radius 1 is 1.29 bits per heavy atom. The summed E-state index contributed by atoms with van der Waals surface area (Å²) in [5.41, 5.74) is 2.28. The van der Waals surface area contributed by atoms with Crippen molar-refractivity contribution in [3.63, 3.8) is 0 Å². The van der Waals surface area contributed by atoms with Gasteiger partial charge in [-0.3, -0.25) is 4.98 Å². The van der Waals surface area contributed by atoms with Gasteiger partial charge in [-0.2, -0.15) is 0 Å². The third-order valence-corrected chi connectivity index (χ3v) is 2.54. The minimum atomic E-state index is 0.354. The molecule has 1 heterocycles. The predicted molar refractivity (Wildman–Crippen MR) is 59.2 cm³/mol. The van der Waals surface area contributed by atoms with Gasteiger partial charge in [0.25, 0.3) is 0 Å². The van der Waals surface area contributed by atoms with E-state index in [-0.39, 0.29) is 0 Å². The maximum absolute atomic E-state index is 4.41.